The van der Waals surface area contributed by atoms with Gasteiger partial charge in [0.05, 0.1) is 22.4 Å². The number of aryl methyl sites for hydroxylation is 1. The first-order valence-electron chi connectivity index (χ1n) is 10.5. The lowest BCUT2D eigenvalue weighted by Gasteiger charge is -2.13. The number of carbonyl (C=O) groups is 2. The molecule has 0 aliphatic rings. The van der Waals surface area contributed by atoms with Gasteiger partial charge >= 0.3 is 5.97 Å². The van der Waals surface area contributed by atoms with Gasteiger partial charge in [0, 0.05) is 5.69 Å². The maximum Gasteiger partial charge on any atom is 0.338 e. The van der Waals surface area contributed by atoms with Crippen LogP contribution in [0.4, 0.5) is 5.13 Å². The maximum absolute atomic E-state index is 12.6. The Hall–Kier alpha value is -3.44. The first kappa shape index (κ1) is 23.7. The lowest BCUT2D eigenvalue weighted by molar-refractivity contribution is -0.123. The Morgan fingerprint density at radius 3 is 2.65 bits per heavy atom. The van der Waals surface area contributed by atoms with Gasteiger partial charge in [0.2, 0.25) is 0 Å². The Morgan fingerprint density at radius 1 is 1.18 bits per heavy atom. The van der Waals surface area contributed by atoms with Crippen molar-refractivity contribution < 1.29 is 19.1 Å². The lowest BCUT2D eigenvalue weighted by Crippen LogP contribution is -2.29. The van der Waals surface area contributed by atoms with Crippen LogP contribution < -0.4 is 10.1 Å². The molecule has 0 saturated heterocycles. The second-order valence-corrected chi connectivity index (χ2v) is 9.04. The Balaban J connectivity index is 1.39. The van der Waals surface area contributed by atoms with E-state index in [1.165, 1.54) is 30.0 Å². The van der Waals surface area contributed by atoms with E-state index in [-0.39, 0.29) is 0 Å². The van der Waals surface area contributed by atoms with E-state index in [1.54, 1.807) is 24.3 Å². The van der Waals surface area contributed by atoms with E-state index < -0.39 is 18.0 Å². The molecule has 0 aliphatic heterocycles. The minimum absolute atomic E-state index is 0.336. The molecule has 0 spiro atoms. The van der Waals surface area contributed by atoms with Gasteiger partial charge in [-0.3, -0.25) is 14.7 Å². The molecule has 2 aromatic heterocycles. The largest absolute Gasteiger partial charge is 0.494 e. The minimum Gasteiger partial charge on any atom is -0.494 e. The first-order chi connectivity index (χ1) is 16.4. The summed E-state index contributed by atoms with van der Waals surface area (Å²) in [6, 6.07) is 12.4. The predicted octanol–water partition coefficient (Wildman–Crippen LogP) is 4.49. The number of hydrogen-bond donors (Lipinski definition) is 1. The number of nitrogens with one attached hydrogen (secondary N) is 1. The molecule has 11 heteroatoms. The van der Waals surface area contributed by atoms with E-state index in [4.69, 9.17) is 9.47 Å². The summed E-state index contributed by atoms with van der Waals surface area (Å²) < 4.78 is 13.6. The number of amides is 1. The second-order valence-electron chi connectivity index (χ2n) is 7.23. The smallest absolute Gasteiger partial charge is 0.338 e. The summed E-state index contributed by atoms with van der Waals surface area (Å²) in [6.45, 7) is 5.86. The number of thiazole rings is 1. The lowest BCUT2D eigenvalue weighted by atomic mass is 10.2. The fourth-order valence-electron chi connectivity index (χ4n) is 3.22. The second kappa shape index (κ2) is 10.2. The van der Waals surface area contributed by atoms with Crippen molar-refractivity contribution in [1.29, 1.82) is 0 Å². The van der Waals surface area contributed by atoms with Crippen LogP contribution in [0.2, 0.25) is 0 Å². The Labute approximate surface area is 204 Å². The van der Waals surface area contributed by atoms with Gasteiger partial charge < -0.3 is 9.47 Å². The van der Waals surface area contributed by atoms with Crippen molar-refractivity contribution in [2.75, 3.05) is 18.2 Å². The van der Waals surface area contributed by atoms with Crippen LogP contribution in [0.15, 0.2) is 47.6 Å². The maximum atomic E-state index is 12.6. The fraction of sp³-hybridized carbons (Fsp3) is 0.261. The van der Waals surface area contributed by atoms with Crippen LogP contribution in [0.1, 0.15) is 30.0 Å². The molecule has 1 atom stereocenters. The highest BCUT2D eigenvalue weighted by Gasteiger charge is 2.21. The highest BCUT2D eigenvalue weighted by molar-refractivity contribution is 7.98. The third-order valence-corrected chi connectivity index (χ3v) is 6.46. The molecule has 4 rings (SSSR count). The van der Waals surface area contributed by atoms with Crippen LogP contribution in [0, 0.1) is 6.92 Å². The number of ether oxygens (including phenoxy) is 2. The predicted molar refractivity (Wildman–Crippen MR) is 132 cm³/mol. The number of benzene rings is 2. The average molecular weight is 498 g/mol. The van der Waals surface area contributed by atoms with E-state index in [0.717, 1.165) is 32.6 Å². The molecular formula is C23H23N5O4S2. The van der Waals surface area contributed by atoms with Crippen LogP contribution in [-0.4, -0.2) is 50.6 Å². The van der Waals surface area contributed by atoms with Crippen LogP contribution in [0.25, 0.3) is 15.9 Å². The summed E-state index contributed by atoms with van der Waals surface area (Å²) in [6.07, 6.45) is 0.922. The molecule has 0 aliphatic carbocycles. The first-order valence-corrected chi connectivity index (χ1v) is 12.6. The number of fused-ring (bicyclic) bond motifs is 1. The number of esters is 1. The number of rotatable bonds is 8. The van der Waals surface area contributed by atoms with Crippen molar-refractivity contribution in [1.82, 2.24) is 19.7 Å². The highest BCUT2D eigenvalue weighted by Crippen LogP contribution is 2.29. The highest BCUT2D eigenvalue weighted by atomic mass is 32.2. The summed E-state index contributed by atoms with van der Waals surface area (Å²) in [4.78, 5) is 29.6. The molecule has 0 fully saturated rings. The van der Waals surface area contributed by atoms with Gasteiger partial charge in [-0.2, -0.15) is 0 Å². The summed E-state index contributed by atoms with van der Waals surface area (Å²) in [5, 5.41) is 12.1. The fourth-order valence-corrected chi connectivity index (χ4v) is 4.66. The molecular weight excluding hydrogens is 474 g/mol. The van der Waals surface area contributed by atoms with E-state index in [2.05, 4.69) is 20.5 Å². The number of nitrogens with zero attached hydrogens (tertiary/aromatic N) is 4. The zero-order chi connectivity index (χ0) is 24.2. The molecule has 1 N–H and O–H groups in total. The summed E-state index contributed by atoms with van der Waals surface area (Å²) >= 11 is 2.81. The zero-order valence-corrected chi connectivity index (χ0v) is 20.7. The topological polar surface area (TPSA) is 108 Å². The third-order valence-electron chi connectivity index (χ3n) is 4.89. The molecule has 0 radical (unpaired) electrons. The molecule has 4 aromatic rings. The Morgan fingerprint density at radius 2 is 1.94 bits per heavy atom. The number of anilines is 1. The third kappa shape index (κ3) is 5.05. The summed E-state index contributed by atoms with van der Waals surface area (Å²) in [7, 11) is 0. The van der Waals surface area contributed by atoms with Gasteiger partial charge in [0.25, 0.3) is 5.91 Å². The number of aromatic nitrogens is 4. The van der Waals surface area contributed by atoms with Gasteiger partial charge in [-0.15, -0.1) is 10.2 Å². The van der Waals surface area contributed by atoms with Crippen LogP contribution in [0.5, 0.6) is 5.75 Å². The van der Waals surface area contributed by atoms with Gasteiger partial charge in [-0.05, 0) is 69.5 Å². The normalized spacial score (nSPS) is 11.9. The van der Waals surface area contributed by atoms with E-state index >= 15 is 0 Å². The number of thioether (sulfide) groups is 1. The molecule has 1 amide bonds. The average Bonchev–Trinajstić information content (AvgIpc) is 3.41. The van der Waals surface area contributed by atoms with Crippen molar-refractivity contribution in [3.05, 3.63) is 53.9 Å². The quantitative estimate of drug-likeness (QED) is 0.280. The zero-order valence-electron chi connectivity index (χ0n) is 19.1. The van der Waals surface area contributed by atoms with Gasteiger partial charge in [-0.1, -0.05) is 23.1 Å². The molecule has 1 unspecified atom stereocenters. The number of carbonyl (C=O) groups excluding carboxylic acids is 2. The van der Waals surface area contributed by atoms with Crippen molar-refractivity contribution in [2.45, 2.75) is 32.0 Å². The minimum atomic E-state index is -0.999. The van der Waals surface area contributed by atoms with Gasteiger partial charge in [-0.25, -0.2) is 9.78 Å². The molecule has 9 nitrogen and oxygen atoms in total. The summed E-state index contributed by atoms with van der Waals surface area (Å²) in [5.74, 6) is 0.437. The number of hydrogen-bond acceptors (Lipinski definition) is 9. The Kier molecular flexibility index (Phi) is 7.13. The van der Waals surface area contributed by atoms with Crippen molar-refractivity contribution >= 4 is 50.3 Å². The monoisotopic (exact) mass is 497 g/mol. The SMILES string of the molecule is CCOc1ccc2nc(NC(=O)C(C)OC(=O)c3ccc(-n4c(C)nnc4SC)cc3)sc2c1. The molecule has 176 valence electrons. The van der Waals surface area contributed by atoms with Gasteiger partial charge in [0.15, 0.2) is 16.4 Å². The van der Waals surface area contributed by atoms with Crippen molar-refractivity contribution in [3.63, 3.8) is 0 Å². The Bertz CT molecular complexity index is 1330. The molecule has 2 aromatic carbocycles. The van der Waals surface area contributed by atoms with Crippen LogP contribution >= 0.6 is 23.1 Å². The standard InChI is InChI=1S/C23H23N5O4S2/c1-5-31-17-10-11-18-19(12-17)34-22(24-18)25-20(29)13(2)32-21(30)15-6-8-16(9-7-15)28-14(3)26-27-23(28)33-4/h6-13H,5H2,1-4H3,(H,24,25,29). The van der Waals surface area contributed by atoms with Crippen LogP contribution in [0.3, 0.4) is 0 Å². The molecule has 0 bridgehead atoms. The van der Waals surface area contributed by atoms with Crippen molar-refractivity contribution in [2.24, 2.45) is 0 Å². The summed E-state index contributed by atoms with van der Waals surface area (Å²) in [5.41, 5.74) is 1.92. The van der Waals surface area contributed by atoms with E-state index in [1.807, 2.05) is 42.9 Å². The van der Waals surface area contributed by atoms with Gasteiger partial charge in [0.1, 0.15) is 11.6 Å². The van der Waals surface area contributed by atoms with E-state index in [0.29, 0.717) is 17.3 Å². The van der Waals surface area contributed by atoms with E-state index in [9.17, 15) is 9.59 Å². The molecule has 0 saturated carbocycles. The molecule has 2 heterocycles. The van der Waals surface area contributed by atoms with Crippen LogP contribution in [-0.2, 0) is 9.53 Å². The molecule has 34 heavy (non-hydrogen) atoms. The van der Waals surface area contributed by atoms with Crippen molar-refractivity contribution in [3.8, 4) is 11.4 Å².